The van der Waals surface area contributed by atoms with Gasteiger partial charge < -0.3 is 4.90 Å². The molecule has 19 heavy (non-hydrogen) atoms. The lowest BCUT2D eigenvalue weighted by Gasteiger charge is -2.24. The molecule has 1 fully saturated rings. The third kappa shape index (κ3) is 3.17. The highest BCUT2D eigenvalue weighted by atomic mass is 35.5. The van der Waals surface area contributed by atoms with Crippen molar-refractivity contribution in [3.63, 3.8) is 0 Å². The predicted octanol–water partition coefficient (Wildman–Crippen LogP) is 2.16. The summed E-state index contributed by atoms with van der Waals surface area (Å²) in [7, 11) is -4.67. The molecule has 1 aromatic carbocycles. The maximum absolute atomic E-state index is 12.2. The lowest BCUT2D eigenvalue weighted by Crippen LogP contribution is -2.45. The molecule has 1 N–H and O–H groups in total. The Kier molecular flexibility index (Phi) is 3.98. The van der Waals surface area contributed by atoms with Crippen LogP contribution >= 0.6 is 11.6 Å². The van der Waals surface area contributed by atoms with Crippen molar-refractivity contribution in [2.75, 3.05) is 17.4 Å². The molecular formula is C11H13ClN2O4S. The van der Waals surface area contributed by atoms with Crippen molar-refractivity contribution >= 4 is 33.6 Å². The third-order valence-corrected chi connectivity index (χ3v) is 3.92. The average molecular weight is 305 g/mol. The Morgan fingerprint density at radius 1 is 1.21 bits per heavy atom. The summed E-state index contributed by atoms with van der Waals surface area (Å²) in [6.07, 6.45) is 1.65. The van der Waals surface area contributed by atoms with Gasteiger partial charge in [-0.05, 0) is 37.1 Å². The Balaban J connectivity index is 2.36. The summed E-state index contributed by atoms with van der Waals surface area (Å²) < 4.78 is 32.5. The van der Waals surface area contributed by atoms with Crippen LogP contribution in [0.25, 0.3) is 0 Å². The van der Waals surface area contributed by atoms with Gasteiger partial charge >= 0.3 is 16.3 Å². The average Bonchev–Trinajstić information content (AvgIpc) is 2.83. The summed E-state index contributed by atoms with van der Waals surface area (Å²) in [5, 5.41) is 0.410. The molecule has 0 aliphatic carbocycles. The van der Waals surface area contributed by atoms with Gasteiger partial charge in [-0.2, -0.15) is 12.7 Å². The van der Waals surface area contributed by atoms with Crippen LogP contribution in [0, 0.1) is 0 Å². The standard InChI is InChI=1S/C11H13ClN2O4S/c12-9-3-5-10(6-4-9)14(19(16,17)18)11(15)13-7-1-2-8-13/h3-6H,1-2,7-8H2,(H,16,17,18). The summed E-state index contributed by atoms with van der Waals surface area (Å²) in [6.45, 7) is 0.969. The van der Waals surface area contributed by atoms with Crippen LogP contribution in [0.1, 0.15) is 12.8 Å². The normalized spacial score (nSPS) is 15.6. The second kappa shape index (κ2) is 5.36. The molecule has 0 aromatic heterocycles. The van der Waals surface area contributed by atoms with Crippen LogP contribution in [0.2, 0.25) is 5.02 Å². The number of urea groups is 1. The maximum atomic E-state index is 12.2. The fraction of sp³-hybridized carbons (Fsp3) is 0.364. The number of carbonyl (C=O) groups excluding carboxylic acids is 1. The molecule has 0 unspecified atom stereocenters. The van der Waals surface area contributed by atoms with Gasteiger partial charge in [0.2, 0.25) is 0 Å². The number of rotatable bonds is 2. The number of halogens is 1. The van der Waals surface area contributed by atoms with E-state index in [-0.39, 0.29) is 5.69 Å². The van der Waals surface area contributed by atoms with Crippen molar-refractivity contribution in [1.29, 1.82) is 0 Å². The molecule has 2 amide bonds. The van der Waals surface area contributed by atoms with Crippen LogP contribution in [0.5, 0.6) is 0 Å². The van der Waals surface area contributed by atoms with Crippen molar-refractivity contribution < 1.29 is 17.8 Å². The number of hydrogen-bond acceptors (Lipinski definition) is 3. The molecule has 104 valence electrons. The van der Waals surface area contributed by atoms with E-state index in [9.17, 15) is 17.8 Å². The highest BCUT2D eigenvalue weighted by Gasteiger charge is 2.32. The Hall–Kier alpha value is -1.31. The first-order chi connectivity index (χ1) is 8.89. The van der Waals surface area contributed by atoms with Gasteiger partial charge in [-0.3, -0.25) is 4.55 Å². The maximum Gasteiger partial charge on any atom is 0.368 e. The van der Waals surface area contributed by atoms with E-state index in [2.05, 4.69) is 0 Å². The molecule has 0 spiro atoms. The molecule has 2 rings (SSSR count). The number of hydrogen-bond donors (Lipinski definition) is 1. The van der Waals surface area contributed by atoms with E-state index < -0.39 is 16.3 Å². The summed E-state index contributed by atoms with van der Waals surface area (Å²) in [6, 6.07) is 4.88. The molecule has 0 saturated carbocycles. The molecular weight excluding hydrogens is 292 g/mol. The van der Waals surface area contributed by atoms with Gasteiger partial charge in [0.1, 0.15) is 0 Å². The lowest BCUT2D eigenvalue weighted by molar-refractivity contribution is 0.218. The van der Waals surface area contributed by atoms with Crippen LogP contribution in [0.3, 0.4) is 0 Å². The summed E-state index contributed by atoms with van der Waals surface area (Å²) >= 11 is 5.71. The van der Waals surface area contributed by atoms with Crippen LogP contribution in [-0.2, 0) is 10.3 Å². The number of anilines is 1. The second-order valence-corrected chi connectivity index (χ2v) is 5.89. The van der Waals surface area contributed by atoms with Crippen LogP contribution < -0.4 is 4.31 Å². The van der Waals surface area contributed by atoms with Gasteiger partial charge in [0.15, 0.2) is 0 Å². The Bertz CT molecular complexity index is 567. The van der Waals surface area contributed by atoms with Gasteiger partial charge in [-0.15, -0.1) is 0 Å². The summed E-state index contributed by atoms with van der Waals surface area (Å²) in [4.78, 5) is 13.5. The minimum absolute atomic E-state index is 0.0591. The van der Waals surface area contributed by atoms with E-state index in [4.69, 9.17) is 11.6 Å². The zero-order valence-electron chi connectivity index (χ0n) is 9.99. The molecule has 8 heteroatoms. The van der Waals surface area contributed by atoms with E-state index in [1.165, 1.54) is 29.2 Å². The van der Waals surface area contributed by atoms with Crippen molar-refractivity contribution in [2.45, 2.75) is 12.8 Å². The van der Waals surface area contributed by atoms with Gasteiger partial charge in [0.05, 0.1) is 5.69 Å². The Morgan fingerprint density at radius 2 is 1.74 bits per heavy atom. The zero-order chi connectivity index (χ0) is 14.0. The second-order valence-electron chi connectivity index (χ2n) is 4.20. The van der Waals surface area contributed by atoms with E-state index >= 15 is 0 Å². The number of nitrogens with zero attached hydrogens (tertiary/aromatic N) is 2. The molecule has 1 saturated heterocycles. The number of benzene rings is 1. The highest BCUT2D eigenvalue weighted by molar-refractivity contribution is 7.88. The largest absolute Gasteiger partial charge is 0.368 e. The van der Waals surface area contributed by atoms with Crippen molar-refractivity contribution in [3.8, 4) is 0 Å². The molecule has 0 bridgehead atoms. The quantitative estimate of drug-likeness (QED) is 0.849. The fourth-order valence-corrected chi connectivity index (χ4v) is 2.78. The first-order valence-electron chi connectivity index (χ1n) is 5.72. The topological polar surface area (TPSA) is 77.9 Å². The van der Waals surface area contributed by atoms with E-state index in [1.807, 2.05) is 0 Å². The molecule has 0 radical (unpaired) electrons. The SMILES string of the molecule is O=C(N1CCCC1)N(c1ccc(Cl)cc1)S(=O)(=O)O. The van der Waals surface area contributed by atoms with Crippen molar-refractivity contribution in [3.05, 3.63) is 29.3 Å². The molecule has 1 heterocycles. The Labute approximate surface area is 116 Å². The van der Waals surface area contributed by atoms with Gasteiger partial charge in [-0.25, -0.2) is 4.79 Å². The fourth-order valence-electron chi connectivity index (χ4n) is 1.96. The minimum atomic E-state index is -4.67. The molecule has 0 atom stereocenters. The molecule has 6 nitrogen and oxygen atoms in total. The van der Waals surface area contributed by atoms with Crippen LogP contribution in [0.4, 0.5) is 10.5 Å². The molecule has 1 aromatic rings. The van der Waals surface area contributed by atoms with Crippen molar-refractivity contribution in [2.24, 2.45) is 0 Å². The minimum Gasteiger partial charge on any atom is -0.323 e. The van der Waals surface area contributed by atoms with Crippen molar-refractivity contribution in [1.82, 2.24) is 4.90 Å². The van der Waals surface area contributed by atoms with Crippen LogP contribution in [-0.4, -0.2) is 37.0 Å². The van der Waals surface area contributed by atoms with E-state index in [0.29, 0.717) is 22.4 Å². The van der Waals surface area contributed by atoms with E-state index in [1.54, 1.807) is 0 Å². The van der Waals surface area contributed by atoms with Gasteiger partial charge in [0.25, 0.3) is 0 Å². The summed E-state index contributed by atoms with van der Waals surface area (Å²) in [5.41, 5.74) is 0.0591. The highest BCUT2D eigenvalue weighted by Crippen LogP contribution is 2.23. The molecule has 1 aliphatic heterocycles. The number of carbonyl (C=O) groups is 1. The van der Waals surface area contributed by atoms with Gasteiger partial charge in [0, 0.05) is 18.1 Å². The van der Waals surface area contributed by atoms with E-state index in [0.717, 1.165) is 12.8 Å². The number of amides is 2. The zero-order valence-corrected chi connectivity index (χ0v) is 11.6. The first kappa shape index (κ1) is 14.1. The van der Waals surface area contributed by atoms with Crippen LogP contribution in [0.15, 0.2) is 24.3 Å². The number of likely N-dealkylation sites (tertiary alicyclic amines) is 1. The monoisotopic (exact) mass is 304 g/mol. The summed E-state index contributed by atoms with van der Waals surface area (Å²) in [5.74, 6) is 0. The lowest BCUT2D eigenvalue weighted by atomic mass is 10.3. The predicted molar refractivity (Wildman–Crippen MR) is 71.7 cm³/mol. The first-order valence-corrected chi connectivity index (χ1v) is 7.49. The third-order valence-electron chi connectivity index (χ3n) is 2.84. The Morgan fingerprint density at radius 3 is 2.21 bits per heavy atom. The smallest absolute Gasteiger partial charge is 0.323 e. The van der Waals surface area contributed by atoms with Gasteiger partial charge in [-0.1, -0.05) is 11.6 Å². The molecule has 1 aliphatic rings.